The predicted octanol–water partition coefficient (Wildman–Crippen LogP) is 26.5. The Morgan fingerprint density at radius 2 is 0.542 bits per heavy atom. The molecule has 0 fully saturated rings. The third-order valence-electron chi connectivity index (χ3n) is 21.5. The second kappa shape index (κ2) is 29.8. The first-order valence-electron chi connectivity index (χ1n) is 39.1. The maximum absolute atomic E-state index is 5.31. The number of hydrogen-bond acceptors (Lipinski definition) is 15. The van der Waals surface area contributed by atoms with Gasteiger partial charge < -0.3 is 4.57 Å². The molecule has 0 atom stereocenters. The van der Waals surface area contributed by atoms with Crippen LogP contribution in [-0.2, 0) is 0 Å². The van der Waals surface area contributed by atoms with E-state index in [-0.39, 0.29) is 0 Å². The van der Waals surface area contributed by atoms with Gasteiger partial charge in [0.15, 0.2) is 69.9 Å². The summed E-state index contributed by atoms with van der Waals surface area (Å²) in [6, 6.07) is 117. The van der Waals surface area contributed by atoms with Crippen molar-refractivity contribution >= 4 is 122 Å². The van der Waals surface area contributed by atoms with Gasteiger partial charge in [-0.05, 0) is 79.6 Å². The molecule has 14 aromatic carbocycles. The van der Waals surface area contributed by atoms with E-state index in [0.717, 1.165) is 125 Å². The minimum atomic E-state index is 0.615. The number of thiophene rings is 3. The number of aromatic nitrogens is 13. The van der Waals surface area contributed by atoms with E-state index in [1.54, 1.807) is 34.0 Å². The van der Waals surface area contributed by atoms with Crippen LogP contribution in [0, 0.1) is 0 Å². The fourth-order valence-corrected chi connectivity index (χ4v) is 19.5. The van der Waals surface area contributed by atoms with Gasteiger partial charge in [-0.1, -0.05) is 291 Å². The van der Waals surface area contributed by atoms with Crippen molar-refractivity contribution in [3.05, 3.63) is 358 Å². The molecule has 0 spiro atoms. The summed E-state index contributed by atoms with van der Waals surface area (Å²) in [6.45, 7) is 0. The molecule has 0 amide bonds. The Bertz CT molecular complexity index is 7630. The van der Waals surface area contributed by atoms with Crippen molar-refractivity contribution < 1.29 is 0 Å². The average Bonchev–Trinajstić information content (AvgIpc) is 1.59. The van der Waals surface area contributed by atoms with Crippen LogP contribution < -0.4 is 0 Å². The number of allylic oxidation sites excluding steroid dienone is 4. The molecule has 554 valence electrons. The molecule has 23 rings (SSSR count). The van der Waals surface area contributed by atoms with Crippen LogP contribution in [-0.4, -0.2) is 64.4 Å². The molecule has 0 unspecified atom stereocenters. The standard InChI is InChI=1S/C54H35N7S.C48H28N6S2/c1-5-17-34(18-6-1)49-55-50(35-19-7-2-8-20-35)58-53(57-49)42-27-16-30-46-47(42)41-26-15-28-43(48(41)62-46)54-59-51(36-21-9-3-10-22-36)56-52(60-54)37-31-32-40-39-25-13-14-29-44(39)61(45(40)33-37)38-23-11-4-12-24-38;1-4-14-29(15-5-1)43-49-44(30-16-6-2-7-17-30)52-47(51-43)35-22-13-25-40-41(35)34-21-12-23-36(42(34)56-40)48-53-45(31-18-8-3-9-19-31)50-46(54-48)32-26-27-39-37(28-32)33-20-10-11-24-38(33)55-39/h1-3,5-11,13-33H,4,12H2;1-28H. The number of fused-ring (bicyclic) bond motifs is 12. The molecule has 1 aliphatic carbocycles. The van der Waals surface area contributed by atoms with Crippen LogP contribution in [0.15, 0.2) is 358 Å². The summed E-state index contributed by atoms with van der Waals surface area (Å²) in [5.41, 5.74) is 14.7. The van der Waals surface area contributed by atoms with E-state index in [1.807, 2.05) is 170 Å². The maximum Gasteiger partial charge on any atom is 0.165 e. The second-order valence-electron chi connectivity index (χ2n) is 28.8. The van der Waals surface area contributed by atoms with E-state index in [2.05, 4.69) is 193 Å². The first-order valence-corrected chi connectivity index (χ1v) is 41.5. The molecule has 0 saturated heterocycles. The van der Waals surface area contributed by atoms with Gasteiger partial charge in [0.2, 0.25) is 0 Å². The lowest BCUT2D eigenvalue weighted by atomic mass is 10.0. The number of nitrogens with zero attached hydrogens (tertiary/aromatic N) is 13. The van der Waals surface area contributed by atoms with Gasteiger partial charge in [0.05, 0.1) is 11.0 Å². The number of para-hydroxylation sites is 1. The predicted molar refractivity (Wildman–Crippen MR) is 486 cm³/mol. The highest BCUT2D eigenvalue weighted by Gasteiger charge is 2.26. The fourth-order valence-electron chi connectivity index (χ4n) is 16.0. The smallest absolute Gasteiger partial charge is 0.165 e. The van der Waals surface area contributed by atoms with Crippen molar-refractivity contribution in [3.63, 3.8) is 0 Å². The normalized spacial score (nSPS) is 12.2. The summed E-state index contributed by atoms with van der Waals surface area (Å²) in [6.07, 6.45) is 8.89. The zero-order valence-corrected chi connectivity index (χ0v) is 65.5. The molecule has 0 N–H and O–H groups in total. The van der Waals surface area contributed by atoms with Crippen molar-refractivity contribution in [1.29, 1.82) is 0 Å². The number of rotatable bonds is 13. The SMILES string of the molecule is C1=CC(n2c3ccccc3c3ccc(-c4nc(-c5ccccc5)nc(-c5cccc6c5sc5cccc(-c7nc(-c8ccccc8)nc(-c8ccccc8)n7)c56)n4)cc32)=CCC1.c1ccc(-c2nc(-c3ccc4sc5ccccc5c4c3)nc(-c3cccc4c3sc3cccc(-c5nc(-c6ccccc6)nc(-c6ccccc6)n5)c34)n2)cc1. The molecule has 8 heterocycles. The van der Waals surface area contributed by atoms with Gasteiger partial charge in [-0.2, -0.15) is 0 Å². The minimum absolute atomic E-state index is 0.615. The summed E-state index contributed by atoms with van der Waals surface area (Å²) >= 11 is 5.26. The molecule has 0 saturated carbocycles. The fraction of sp³-hybridized carbons (Fsp3) is 0.0196. The lowest BCUT2D eigenvalue weighted by Crippen LogP contribution is -2.01. The quantitative estimate of drug-likeness (QED) is 0.108. The van der Waals surface area contributed by atoms with Crippen molar-refractivity contribution in [2.45, 2.75) is 12.8 Å². The third-order valence-corrected chi connectivity index (χ3v) is 25.1. The van der Waals surface area contributed by atoms with Crippen molar-refractivity contribution in [1.82, 2.24) is 64.4 Å². The highest BCUT2D eigenvalue weighted by molar-refractivity contribution is 7.27. The Morgan fingerprint density at radius 3 is 0.983 bits per heavy atom. The topological polar surface area (TPSA) is 160 Å². The van der Waals surface area contributed by atoms with Crippen LogP contribution in [0.2, 0.25) is 0 Å². The van der Waals surface area contributed by atoms with Gasteiger partial charge in [-0.15, -0.1) is 34.0 Å². The Kier molecular flexibility index (Phi) is 17.6. The Hall–Kier alpha value is -14.9. The summed E-state index contributed by atoms with van der Waals surface area (Å²) in [4.78, 5) is 61.4. The van der Waals surface area contributed by atoms with Crippen LogP contribution in [0.1, 0.15) is 12.8 Å². The average molecular weight is 1570 g/mol. The zero-order valence-electron chi connectivity index (χ0n) is 63.0. The molecule has 0 aliphatic heterocycles. The van der Waals surface area contributed by atoms with Crippen LogP contribution in [0.3, 0.4) is 0 Å². The summed E-state index contributed by atoms with van der Waals surface area (Å²) in [5.74, 6) is 7.51. The van der Waals surface area contributed by atoms with E-state index in [4.69, 9.17) is 59.8 Å². The third kappa shape index (κ3) is 12.8. The largest absolute Gasteiger partial charge is 0.310 e. The monoisotopic (exact) mass is 1570 g/mol. The first-order chi connectivity index (χ1) is 58.5. The summed E-state index contributed by atoms with van der Waals surface area (Å²) in [5, 5.41) is 9.21. The lowest BCUT2D eigenvalue weighted by Gasteiger charge is -2.13. The Morgan fingerprint density at radius 1 is 0.212 bits per heavy atom. The first kappa shape index (κ1) is 69.7. The summed E-state index contributed by atoms with van der Waals surface area (Å²) < 4.78 is 9.29. The lowest BCUT2D eigenvalue weighted by molar-refractivity contribution is 1.02. The van der Waals surface area contributed by atoms with Crippen LogP contribution in [0.25, 0.3) is 225 Å². The van der Waals surface area contributed by atoms with Crippen LogP contribution in [0.4, 0.5) is 0 Å². The highest BCUT2D eigenvalue weighted by Crippen LogP contribution is 2.47. The van der Waals surface area contributed by atoms with Gasteiger partial charge in [0.25, 0.3) is 0 Å². The molecule has 0 radical (unpaired) electrons. The van der Waals surface area contributed by atoms with E-state index in [1.165, 1.54) is 42.2 Å². The number of hydrogen-bond donors (Lipinski definition) is 0. The molecular weight excluding hydrogens is 1500 g/mol. The van der Waals surface area contributed by atoms with E-state index in [9.17, 15) is 0 Å². The second-order valence-corrected chi connectivity index (χ2v) is 32.0. The molecule has 13 nitrogen and oxygen atoms in total. The molecule has 1 aliphatic rings. The maximum atomic E-state index is 5.31. The van der Waals surface area contributed by atoms with Gasteiger partial charge in [-0.3, -0.25) is 0 Å². The van der Waals surface area contributed by atoms with E-state index in [0.29, 0.717) is 69.9 Å². The van der Waals surface area contributed by atoms with Gasteiger partial charge in [-0.25, -0.2) is 59.8 Å². The summed E-state index contributed by atoms with van der Waals surface area (Å²) in [7, 11) is 0. The van der Waals surface area contributed by atoms with Crippen molar-refractivity contribution in [3.8, 4) is 137 Å². The van der Waals surface area contributed by atoms with E-state index < -0.39 is 0 Å². The molecule has 118 heavy (non-hydrogen) atoms. The minimum Gasteiger partial charge on any atom is -0.310 e. The van der Waals surface area contributed by atoms with Crippen molar-refractivity contribution in [2.24, 2.45) is 0 Å². The molecule has 22 aromatic rings. The Labute approximate surface area is 688 Å². The van der Waals surface area contributed by atoms with Crippen LogP contribution >= 0.6 is 34.0 Å². The van der Waals surface area contributed by atoms with E-state index >= 15 is 0 Å². The molecule has 0 bridgehead atoms. The van der Waals surface area contributed by atoms with Crippen molar-refractivity contribution in [2.75, 3.05) is 0 Å². The van der Waals surface area contributed by atoms with Gasteiger partial charge >= 0.3 is 0 Å². The molecule has 16 heteroatoms. The van der Waals surface area contributed by atoms with Gasteiger partial charge in [0, 0.05) is 144 Å². The number of benzene rings is 14. The molecular formula is C102H63N13S3. The molecule has 8 aromatic heterocycles. The zero-order chi connectivity index (χ0) is 78.0. The van der Waals surface area contributed by atoms with Crippen LogP contribution in [0.5, 0.6) is 0 Å². The highest BCUT2D eigenvalue weighted by atomic mass is 32.1. The Balaban J connectivity index is 0.000000143. The van der Waals surface area contributed by atoms with Gasteiger partial charge in [0.1, 0.15) is 0 Å².